The number of hydrogen-bond donors (Lipinski definition) is 2. The molecule has 24 heavy (non-hydrogen) atoms. The zero-order valence-electron chi connectivity index (χ0n) is 15.1. The lowest BCUT2D eigenvalue weighted by Crippen LogP contribution is -2.26. The van der Waals surface area contributed by atoms with E-state index >= 15 is 0 Å². The smallest absolute Gasteiger partial charge is 0.270 e. The highest BCUT2D eigenvalue weighted by atomic mass is 16.1. The number of carbonyl (C=O) groups excluding carboxylic acids is 1. The molecule has 5 heteroatoms. The molecule has 1 aromatic carbocycles. The van der Waals surface area contributed by atoms with Gasteiger partial charge in [0, 0.05) is 18.4 Å². The summed E-state index contributed by atoms with van der Waals surface area (Å²) >= 11 is 0. The number of nitrogens with zero attached hydrogens (tertiary/aromatic N) is 2. The highest BCUT2D eigenvalue weighted by Gasteiger charge is 2.10. The van der Waals surface area contributed by atoms with Gasteiger partial charge in [0.15, 0.2) is 0 Å². The van der Waals surface area contributed by atoms with Crippen LogP contribution in [0.4, 0.5) is 11.6 Å². The molecule has 0 radical (unpaired) electrons. The number of carbonyl (C=O) groups is 1. The summed E-state index contributed by atoms with van der Waals surface area (Å²) in [6.45, 7) is 11.1. The van der Waals surface area contributed by atoms with Crippen LogP contribution in [0.3, 0.4) is 0 Å². The first-order chi connectivity index (χ1) is 11.4. The van der Waals surface area contributed by atoms with Gasteiger partial charge in [0.05, 0.1) is 0 Å². The van der Waals surface area contributed by atoms with Crippen molar-refractivity contribution < 1.29 is 4.79 Å². The lowest BCUT2D eigenvalue weighted by Gasteiger charge is -2.13. The molecule has 0 spiro atoms. The zero-order valence-corrected chi connectivity index (χ0v) is 15.1. The third-order valence-electron chi connectivity index (χ3n) is 3.81. The standard InChI is InChI=1S/C19H26N4O/c1-12(2)6-8-20-18(24)16-7-9-21-19(22-16)23-17-14(4)10-13(3)11-15(17)5/h7,9-12H,6,8H2,1-5H3,(H,20,24)(H,21,22,23). The molecule has 128 valence electrons. The fourth-order valence-electron chi connectivity index (χ4n) is 2.60. The first kappa shape index (κ1) is 17.9. The van der Waals surface area contributed by atoms with Gasteiger partial charge in [0.2, 0.25) is 5.95 Å². The number of aromatic nitrogens is 2. The van der Waals surface area contributed by atoms with Crippen LogP contribution < -0.4 is 10.6 Å². The van der Waals surface area contributed by atoms with E-state index in [0.29, 0.717) is 24.1 Å². The predicted octanol–water partition coefficient (Wildman–Crippen LogP) is 3.92. The third kappa shape index (κ3) is 4.78. The normalized spacial score (nSPS) is 10.8. The second kappa shape index (κ2) is 7.90. The molecular formula is C19H26N4O. The molecule has 0 fully saturated rings. The fourth-order valence-corrected chi connectivity index (χ4v) is 2.60. The van der Waals surface area contributed by atoms with E-state index in [4.69, 9.17) is 0 Å². The molecule has 2 rings (SSSR count). The average Bonchev–Trinajstić information content (AvgIpc) is 2.50. The Hall–Kier alpha value is -2.43. The van der Waals surface area contributed by atoms with Crippen molar-refractivity contribution in [2.24, 2.45) is 5.92 Å². The van der Waals surface area contributed by atoms with Crippen LogP contribution in [0.1, 0.15) is 47.4 Å². The molecular weight excluding hydrogens is 300 g/mol. The largest absolute Gasteiger partial charge is 0.351 e. The van der Waals surface area contributed by atoms with Gasteiger partial charge < -0.3 is 10.6 Å². The van der Waals surface area contributed by atoms with Gasteiger partial charge >= 0.3 is 0 Å². The lowest BCUT2D eigenvalue weighted by molar-refractivity contribution is 0.0947. The van der Waals surface area contributed by atoms with Crippen molar-refractivity contribution in [1.29, 1.82) is 0 Å². The maximum Gasteiger partial charge on any atom is 0.270 e. The monoisotopic (exact) mass is 326 g/mol. The summed E-state index contributed by atoms with van der Waals surface area (Å²) in [5, 5.41) is 6.13. The minimum atomic E-state index is -0.168. The van der Waals surface area contributed by atoms with Crippen LogP contribution in [0.25, 0.3) is 0 Å². The number of hydrogen-bond acceptors (Lipinski definition) is 4. The van der Waals surface area contributed by atoms with E-state index < -0.39 is 0 Å². The Bertz CT molecular complexity index is 702. The molecule has 2 aromatic rings. The summed E-state index contributed by atoms with van der Waals surface area (Å²) in [5.74, 6) is 0.820. The number of rotatable bonds is 6. The van der Waals surface area contributed by atoms with E-state index in [1.165, 1.54) is 5.56 Å². The molecule has 1 heterocycles. The fraction of sp³-hybridized carbons (Fsp3) is 0.421. The second-order valence-corrected chi connectivity index (χ2v) is 6.60. The minimum Gasteiger partial charge on any atom is -0.351 e. The van der Waals surface area contributed by atoms with Crippen LogP contribution in [0.5, 0.6) is 0 Å². The maximum atomic E-state index is 12.2. The molecule has 0 atom stereocenters. The lowest BCUT2D eigenvalue weighted by atomic mass is 10.1. The van der Waals surface area contributed by atoms with Gasteiger partial charge in [-0.1, -0.05) is 31.5 Å². The van der Waals surface area contributed by atoms with Gasteiger partial charge in [-0.25, -0.2) is 9.97 Å². The summed E-state index contributed by atoms with van der Waals surface area (Å²) in [5.41, 5.74) is 4.83. The van der Waals surface area contributed by atoms with Crippen LogP contribution >= 0.6 is 0 Å². The zero-order chi connectivity index (χ0) is 17.7. The van der Waals surface area contributed by atoms with Crippen LogP contribution in [0.2, 0.25) is 0 Å². The maximum absolute atomic E-state index is 12.2. The first-order valence-electron chi connectivity index (χ1n) is 8.33. The number of benzene rings is 1. The molecule has 1 aromatic heterocycles. The quantitative estimate of drug-likeness (QED) is 0.844. The predicted molar refractivity (Wildman–Crippen MR) is 97.8 cm³/mol. The summed E-state index contributed by atoms with van der Waals surface area (Å²) in [6, 6.07) is 5.85. The van der Waals surface area contributed by atoms with Crippen molar-refractivity contribution in [3.05, 3.63) is 46.8 Å². The Labute approximate surface area is 143 Å². The molecule has 2 N–H and O–H groups in total. The van der Waals surface area contributed by atoms with E-state index in [1.54, 1.807) is 12.3 Å². The SMILES string of the molecule is Cc1cc(C)c(Nc2nccc(C(=O)NCCC(C)C)n2)c(C)c1. The van der Waals surface area contributed by atoms with Crippen LogP contribution in [-0.4, -0.2) is 22.4 Å². The Morgan fingerprint density at radius 1 is 1.17 bits per heavy atom. The van der Waals surface area contributed by atoms with Crippen LogP contribution in [0.15, 0.2) is 24.4 Å². The summed E-state index contributed by atoms with van der Waals surface area (Å²) in [4.78, 5) is 20.7. The highest BCUT2D eigenvalue weighted by molar-refractivity contribution is 5.92. The first-order valence-corrected chi connectivity index (χ1v) is 8.33. The number of amides is 1. The van der Waals surface area contributed by atoms with Gasteiger partial charge in [0.1, 0.15) is 5.69 Å². The number of aryl methyl sites for hydroxylation is 3. The molecule has 0 saturated carbocycles. The van der Waals surface area contributed by atoms with E-state index in [1.807, 2.05) is 13.8 Å². The van der Waals surface area contributed by atoms with E-state index in [2.05, 4.69) is 53.5 Å². The van der Waals surface area contributed by atoms with Crippen molar-refractivity contribution in [1.82, 2.24) is 15.3 Å². The van der Waals surface area contributed by atoms with Gasteiger partial charge in [0.25, 0.3) is 5.91 Å². The third-order valence-corrected chi connectivity index (χ3v) is 3.81. The summed E-state index contributed by atoms with van der Waals surface area (Å²) in [6.07, 6.45) is 2.55. The van der Waals surface area contributed by atoms with Gasteiger partial charge in [-0.2, -0.15) is 0 Å². The summed E-state index contributed by atoms with van der Waals surface area (Å²) in [7, 11) is 0. The minimum absolute atomic E-state index is 0.168. The van der Waals surface area contributed by atoms with Crippen molar-refractivity contribution in [2.75, 3.05) is 11.9 Å². The van der Waals surface area contributed by atoms with E-state index in [-0.39, 0.29) is 5.91 Å². The molecule has 0 aliphatic rings. The Kier molecular flexibility index (Phi) is 5.90. The molecule has 0 saturated heterocycles. The average molecular weight is 326 g/mol. The van der Waals surface area contributed by atoms with Crippen molar-refractivity contribution in [2.45, 2.75) is 41.0 Å². The number of anilines is 2. The Morgan fingerprint density at radius 2 is 1.83 bits per heavy atom. The van der Waals surface area contributed by atoms with Gasteiger partial charge in [-0.3, -0.25) is 4.79 Å². The molecule has 0 aliphatic heterocycles. The van der Waals surface area contributed by atoms with E-state index in [0.717, 1.165) is 23.2 Å². The van der Waals surface area contributed by atoms with Crippen molar-refractivity contribution >= 4 is 17.5 Å². The van der Waals surface area contributed by atoms with Gasteiger partial charge in [-0.05, 0) is 50.3 Å². The molecule has 0 aliphatic carbocycles. The van der Waals surface area contributed by atoms with Crippen LogP contribution in [0, 0.1) is 26.7 Å². The van der Waals surface area contributed by atoms with Gasteiger partial charge in [-0.15, -0.1) is 0 Å². The van der Waals surface area contributed by atoms with Crippen LogP contribution in [-0.2, 0) is 0 Å². The second-order valence-electron chi connectivity index (χ2n) is 6.60. The highest BCUT2D eigenvalue weighted by Crippen LogP contribution is 2.24. The Morgan fingerprint density at radius 3 is 2.46 bits per heavy atom. The molecule has 0 bridgehead atoms. The molecule has 0 unspecified atom stereocenters. The molecule has 1 amide bonds. The van der Waals surface area contributed by atoms with Crippen molar-refractivity contribution in [3.63, 3.8) is 0 Å². The molecule has 5 nitrogen and oxygen atoms in total. The topological polar surface area (TPSA) is 66.9 Å². The summed E-state index contributed by atoms with van der Waals surface area (Å²) < 4.78 is 0. The Balaban J connectivity index is 2.12. The van der Waals surface area contributed by atoms with E-state index in [9.17, 15) is 4.79 Å². The van der Waals surface area contributed by atoms with Crippen molar-refractivity contribution in [3.8, 4) is 0 Å². The number of nitrogens with one attached hydrogen (secondary N) is 2.